The molecule has 0 bridgehead atoms. The van der Waals surface area contributed by atoms with Gasteiger partial charge in [0.15, 0.2) is 11.5 Å². The van der Waals surface area contributed by atoms with Gasteiger partial charge in [-0.1, -0.05) is 12.1 Å². The van der Waals surface area contributed by atoms with E-state index in [4.69, 9.17) is 24.7 Å². The summed E-state index contributed by atoms with van der Waals surface area (Å²) < 4.78 is 21.5. The van der Waals surface area contributed by atoms with Crippen molar-refractivity contribution in [1.82, 2.24) is 10.2 Å². The zero-order valence-electron chi connectivity index (χ0n) is 18.3. The molecule has 1 atom stereocenters. The van der Waals surface area contributed by atoms with Gasteiger partial charge in [0.2, 0.25) is 11.8 Å². The first-order chi connectivity index (χ1) is 16.0. The second kappa shape index (κ2) is 8.96. The smallest absolute Gasteiger partial charge is 0.337 e. The SMILES string of the molecule is CCOc1ccc(-c2[nH]nc3c2[C@H](c2ccc(C(=O)OC)cc2)C(C#N)=C(N)O3)cc1OC. The van der Waals surface area contributed by atoms with E-state index in [1.54, 1.807) is 31.4 Å². The highest BCUT2D eigenvalue weighted by Gasteiger charge is 2.35. The number of hydrogen-bond acceptors (Lipinski definition) is 8. The van der Waals surface area contributed by atoms with E-state index in [2.05, 4.69) is 16.3 Å². The number of hydrogen-bond donors (Lipinski definition) is 2. The minimum Gasteiger partial charge on any atom is -0.493 e. The van der Waals surface area contributed by atoms with Crippen LogP contribution in [-0.2, 0) is 4.74 Å². The zero-order chi connectivity index (χ0) is 23.5. The molecule has 1 aliphatic heterocycles. The third kappa shape index (κ3) is 3.83. The number of carbonyl (C=O) groups is 1. The Morgan fingerprint density at radius 3 is 2.61 bits per heavy atom. The first-order valence-electron chi connectivity index (χ1n) is 10.2. The van der Waals surface area contributed by atoms with Crippen LogP contribution in [0.4, 0.5) is 0 Å². The summed E-state index contributed by atoms with van der Waals surface area (Å²) in [5.41, 5.74) is 9.50. The minimum atomic E-state index is -0.559. The van der Waals surface area contributed by atoms with Gasteiger partial charge in [0, 0.05) is 5.56 Å². The molecule has 2 heterocycles. The van der Waals surface area contributed by atoms with Gasteiger partial charge in [-0.05, 0) is 42.8 Å². The van der Waals surface area contributed by atoms with Crippen LogP contribution in [0.25, 0.3) is 11.3 Å². The molecule has 1 aliphatic rings. The maximum absolute atomic E-state index is 11.8. The van der Waals surface area contributed by atoms with Gasteiger partial charge in [0.25, 0.3) is 0 Å². The number of nitrogens with one attached hydrogen (secondary N) is 1. The van der Waals surface area contributed by atoms with Gasteiger partial charge in [-0.15, -0.1) is 5.10 Å². The Kier molecular flexibility index (Phi) is 5.91. The number of esters is 1. The van der Waals surface area contributed by atoms with E-state index in [9.17, 15) is 10.1 Å². The lowest BCUT2D eigenvalue weighted by Gasteiger charge is -2.24. The van der Waals surface area contributed by atoms with Crippen molar-refractivity contribution in [2.45, 2.75) is 12.8 Å². The molecule has 33 heavy (non-hydrogen) atoms. The van der Waals surface area contributed by atoms with Crippen LogP contribution in [0, 0.1) is 11.3 Å². The first-order valence-corrected chi connectivity index (χ1v) is 10.2. The number of rotatable bonds is 6. The normalized spacial score (nSPS) is 14.7. The number of carbonyl (C=O) groups excluding carboxylic acids is 1. The number of nitriles is 1. The van der Waals surface area contributed by atoms with Gasteiger partial charge in [-0.2, -0.15) is 5.26 Å². The second-order valence-corrected chi connectivity index (χ2v) is 7.15. The monoisotopic (exact) mass is 446 g/mol. The average Bonchev–Trinajstić information content (AvgIpc) is 3.26. The summed E-state index contributed by atoms with van der Waals surface area (Å²) in [5, 5.41) is 17.2. The van der Waals surface area contributed by atoms with Crippen LogP contribution < -0.4 is 19.9 Å². The molecule has 0 radical (unpaired) electrons. The molecule has 0 spiro atoms. The molecule has 0 unspecified atom stereocenters. The van der Waals surface area contributed by atoms with Gasteiger partial charge in [-0.3, -0.25) is 5.10 Å². The Morgan fingerprint density at radius 2 is 1.97 bits per heavy atom. The number of aromatic nitrogens is 2. The summed E-state index contributed by atoms with van der Waals surface area (Å²) in [6.45, 7) is 2.40. The Labute approximate surface area is 190 Å². The molecule has 0 amide bonds. The highest BCUT2D eigenvalue weighted by atomic mass is 16.5. The number of aromatic amines is 1. The maximum Gasteiger partial charge on any atom is 0.337 e. The third-order valence-electron chi connectivity index (χ3n) is 5.36. The molecular weight excluding hydrogens is 424 g/mol. The Bertz CT molecular complexity index is 1270. The Balaban J connectivity index is 1.85. The maximum atomic E-state index is 11.8. The van der Waals surface area contributed by atoms with E-state index in [1.165, 1.54) is 7.11 Å². The molecule has 0 fully saturated rings. The van der Waals surface area contributed by atoms with Crippen molar-refractivity contribution in [3.8, 4) is 34.7 Å². The Hall–Kier alpha value is -4.45. The molecule has 2 aromatic carbocycles. The number of nitrogens with two attached hydrogens (primary N) is 1. The van der Waals surface area contributed by atoms with E-state index >= 15 is 0 Å². The molecule has 3 aromatic rings. The molecule has 0 saturated carbocycles. The second-order valence-electron chi connectivity index (χ2n) is 7.15. The lowest BCUT2D eigenvalue weighted by Crippen LogP contribution is -2.21. The summed E-state index contributed by atoms with van der Waals surface area (Å²) in [5.74, 6) is 0.423. The van der Waals surface area contributed by atoms with Crippen molar-refractivity contribution in [2.75, 3.05) is 20.8 Å². The van der Waals surface area contributed by atoms with E-state index in [0.29, 0.717) is 34.9 Å². The van der Waals surface area contributed by atoms with Crippen LogP contribution in [0.2, 0.25) is 0 Å². The van der Waals surface area contributed by atoms with E-state index in [1.807, 2.05) is 25.1 Å². The molecule has 0 saturated heterocycles. The summed E-state index contributed by atoms with van der Waals surface area (Å²) >= 11 is 0. The van der Waals surface area contributed by atoms with Crippen molar-refractivity contribution in [1.29, 1.82) is 5.26 Å². The zero-order valence-corrected chi connectivity index (χ0v) is 18.3. The van der Waals surface area contributed by atoms with Gasteiger partial charge in [0.05, 0.1) is 43.6 Å². The minimum absolute atomic E-state index is 0.0191. The summed E-state index contributed by atoms with van der Waals surface area (Å²) in [6.07, 6.45) is 0. The molecule has 0 aliphatic carbocycles. The molecular formula is C24H22N4O5. The predicted molar refractivity (Wildman–Crippen MR) is 119 cm³/mol. The molecule has 168 valence electrons. The van der Waals surface area contributed by atoms with Crippen LogP contribution in [0.5, 0.6) is 17.4 Å². The predicted octanol–water partition coefficient (Wildman–Crippen LogP) is 3.49. The van der Waals surface area contributed by atoms with E-state index < -0.39 is 11.9 Å². The van der Waals surface area contributed by atoms with E-state index in [0.717, 1.165) is 11.1 Å². The summed E-state index contributed by atoms with van der Waals surface area (Å²) in [4.78, 5) is 11.8. The van der Waals surface area contributed by atoms with Crippen molar-refractivity contribution in [3.63, 3.8) is 0 Å². The fraction of sp³-hybridized carbons (Fsp3) is 0.208. The van der Waals surface area contributed by atoms with Crippen LogP contribution in [0.15, 0.2) is 53.9 Å². The highest BCUT2D eigenvalue weighted by Crippen LogP contribution is 2.46. The first kappa shape index (κ1) is 21.8. The molecule has 3 N–H and O–H groups in total. The number of methoxy groups -OCH3 is 2. The average molecular weight is 446 g/mol. The standard InChI is InChI=1S/C24H22N4O5/c1-4-32-17-10-9-15(11-18(17)30-2)21-20-19(13-5-7-14(8-6-13)24(29)31-3)16(12-25)22(26)33-23(20)28-27-21/h5-11,19H,4,26H2,1-3H3,(H,27,28)/t19-/m1/s1. The largest absolute Gasteiger partial charge is 0.493 e. The van der Waals surface area contributed by atoms with Gasteiger partial charge < -0.3 is 24.7 Å². The number of H-pyrrole nitrogens is 1. The number of nitrogens with zero attached hydrogens (tertiary/aromatic N) is 2. The van der Waals surface area contributed by atoms with Crippen molar-refractivity contribution in [3.05, 3.63) is 70.6 Å². The summed E-state index contributed by atoms with van der Waals surface area (Å²) in [7, 11) is 2.89. The fourth-order valence-electron chi connectivity index (χ4n) is 3.83. The van der Waals surface area contributed by atoms with Crippen LogP contribution in [0.1, 0.15) is 34.3 Å². The fourth-order valence-corrected chi connectivity index (χ4v) is 3.83. The van der Waals surface area contributed by atoms with Gasteiger partial charge in [0.1, 0.15) is 11.6 Å². The van der Waals surface area contributed by atoms with E-state index in [-0.39, 0.29) is 17.3 Å². The van der Waals surface area contributed by atoms with Gasteiger partial charge >= 0.3 is 5.97 Å². The molecule has 4 rings (SSSR count). The lowest BCUT2D eigenvalue weighted by molar-refractivity contribution is 0.0600. The van der Waals surface area contributed by atoms with Crippen molar-refractivity contribution in [2.24, 2.45) is 5.73 Å². The molecule has 9 heteroatoms. The van der Waals surface area contributed by atoms with Crippen LogP contribution in [-0.4, -0.2) is 37.0 Å². The van der Waals surface area contributed by atoms with Gasteiger partial charge in [-0.25, -0.2) is 4.79 Å². The number of fused-ring (bicyclic) bond motifs is 1. The number of ether oxygens (including phenoxy) is 4. The van der Waals surface area contributed by atoms with Crippen molar-refractivity contribution >= 4 is 5.97 Å². The Morgan fingerprint density at radius 1 is 1.21 bits per heavy atom. The highest BCUT2D eigenvalue weighted by molar-refractivity contribution is 5.89. The topological polar surface area (TPSA) is 132 Å². The lowest BCUT2D eigenvalue weighted by atomic mass is 9.82. The van der Waals surface area contributed by atoms with Crippen molar-refractivity contribution < 1.29 is 23.7 Å². The number of allylic oxidation sites excluding steroid dienone is 1. The third-order valence-corrected chi connectivity index (χ3v) is 5.36. The van der Waals surface area contributed by atoms with Crippen LogP contribution >= 0.6 is 0 Å². The number of benzene rings is 2. The van der Waals surface area contributed by atoms with Crippen LogP contribution in [0.3, 0.4) is 0 Å². The summed E-state index contributed by atoms with van der Waals surface area (Å²) in [6, 6.07) is 14.5. The molecule has 1 aromatic heterocycles. The quantitative estimate of drug-likeness (QED) is 0.550. The molecule has 9 nitrogen and oxygen atoms in total.